The van der Waals surface area contributed by atoms with E-state index in [-0.39, 0.29) is 5.91 Å². The molecule has 7 nitrogen and oxygen atoms in total. The molecule has 3 rings (SSSR count). The second-order valence-electron chi connectivity index (χ2n) is 7.45. The molecular weight excluding hydrogens is 402 g/mol. The Bertz CT molecular complexity index is 1000. The van der Waals surface area contributed by atoms with E-state index in [2.05, 4.69) is 32.8 Å². The number of ether oxygens (including phenoxy) is 1. The van der Waals surface area contributed by atoms with Gasteiger partial charge in [-0.25, -0.2) is 9.97 Å². The van der Waals surface area contributed by atoms with Gasteiger partial charge in [0, 0.05) is 29.5 Å². The number of nitrogens with one attached hydrogen (secondary N) is 3. The van der Waals surface area contributed by atoms with Gasteiger partial charge in [-0.2, -0.15) is 0 Å². The minimum absolute atomic E-state index is 0.162. The lowest BCUT2D eigenvalue weighted by Gasteiger charge is -2.11. The van der Waals surface area contributed by atoms with E-state index in [1.165, 1.54) is 0 Å². The predicted octanol–water partition coefficient (Wildman–Crippen LogP) is 5.78. The molecule has 0 aliphatic heterocycles. The van der Waals surface area contributed by atoms with Gasteiger partial charge < -0.3 is 20.7 Å². The maximum atomic E-state index is 12.5. The van der Waals surface area contributed by atoms with Crippen LogP contribution in [0, 0.1) is 6.92 Å². The number of nitrogens with zero attached hydrogens (tertiary/aromatic N) is 2. The quantitative estimate of drug-likeness (QED) is 0.332. The lowest BCUT2D eigenvalue weighted by molar-refractivity contribution is 0.102. The molecule has 0 radical (unpaired) electrons. The molecule has 7 heteroatoms. The summed E-state index contributed by atoms with van der Waals surface area (Å²) < 4.78 is 5.70. The molecule has 1 amide bonds. The molecule has 3 aromatic rings. The lowest BCUT2D eigenvalue weighted by Crippen LogP contribution is -2.11. The zero-order chi connectivity index (χ0) is 22.8. The van der Waals surface area contributed by atoms with Crippen LogP contribution in [0.15, 0.2) is 54.6 Å². The van der Waals surface area contributed by atoms with Crippen LogP contribution in [0.5, 0.6) is 5.75 Å². The highest BCUT2D eigenvalue weighted by atomic mass is 16.5. The van der Waals surface area contributed by atoms with E-state index in [0.717, 1.165) is 43.1 Å². The van der Waals surface area contributed by atoms with Crippen LogP contribution in [0.25, 0.3) is 0 Å². The number of rotatable bonds is 11. The number of aromatic nitrogens is 2. The lowest BCUT2D eigenvalue weighted by atomic mass is 10.2. The molecule has 3 N–H and O–H groups in total. The summed E-state index contributed by atoms with van der Waals surface area (Å²) in [6, 6.07) is 16.6. The molecule has 2 aromatic carbocycles. The van der Waals surface area contributed by atoms with Crippen molar-refractivity contribution in [3.63, 3.8) is 0 Å². The van der Waals surface area contributed by atoms with Crippen molar-refractivity contribution in [2.75, 3.05) is 29.1 Å². The van der Waals surface area contributed by atoms with Gasteiger partial charge in [-0.05, 0) is 68.8 Å². The second-order valence-corrected chi connectivity index (χ2v) is 7.45. The Morgan fingerprint density at radius 2 is 1.59 bits per heavy atom. The van der Waals surface area contributed by atoms with Crippen molar-refractivity contribution in [3.05, 3.63) is 66.0 Å². The van der Waals surface area contributed by atoms with Crippen molar-refractivity contribution in [1.29, 1.82) is 0 Å². The Hall–Kier alpha value is -3.61. The highest BCUT2D eigenvalue weighted by Crippen LogP contribution is 2.20. The van der Waals surface area contributed by atoms with Gasteiger partial charge in [-0.1, -0.05) is 19.8 Å². The average molecular weight is 434 g/mol. The van der Waals surface area contributed by atoms with Gasteiger partial charge in [-0.15, -0.1) is 0 Å². The van der Waals surface area contributed by atoms with Crippen LogP contribution in [-0.4, -0.2) is 29.0 Å². The van der Waals surface area contributed by atoms with Crippen LogP contribution in [0.2, 0.25) is 0 Å². The average Bonchev–Trinajstić information content (AvgIpc) is 2.78. The van der Waals surface area contributed by atoms with Crippen molar-refractivity contribution in [3.8, 4) is 5.75 Å². The molecule has 0 aliphatic carbocycles. The van der Waals surface area contributed by atoms with Gasteiger partial charge in [0.15, 0.2) is 0 Å². The first-order valence-electron chi connectivity index (χ1n) is 11.1. The number of carbonyl (C=O) groups is 1. The molecular formula is C25H31N5O2. The Labute approximate surface area is 189 Å². The molecule has 1 heterocycles. The fraction of sp³-hybridized carbons (Fsp3) is 0.320. The SMILES string of the molecule is CCCCCOc1ccc(C(=O)Nc2ccc(Nc3cc(NCC)nc(C)n3)cc2)cc1. The summed E-state index contributed by atoms with van der Waals surface area (Å²) in [7, 11) is 0. The van der Waals surface area contributed by atoms with Crippen LogP contribution in [0.1, 0.15) is 49.3 Å². The van der Waals surface area contributed by atoms with Crippen molar-refractivity contribution >= 4 is 28.9 Å². The van der Waals surface area contributed by atoms with Crippen LogP contribution < -0.4 is 20.7 Å². The maximum absolute atomic E-state index is 12.5. The molecule has 0 saturated carbocycles. The summed E-state index contributed by atoms with van der Waals surface area (Å²) in [5.41, 5.74) is 2.17. The molecule has 1 aromatic heterocycles. The molecule has 0 unspecified atom stereocenters. The normalized spacial score (nSPS) is 10.5. The fourth-order valence-electron chi connectivity index (χ4n) is 3.14. The predicted molar refractivity (Wildman–Crippen MR) is 130 cm³/mol. The van der Waals surface area contributed by atoms with Gasteiger partial charge in [0.1, 0.15) is 23.2 Å². The number of hydrogen-bond acceptors (Lipinski definition) is 6. The van der Waals surface area contributed by atoms with E-state index >= 15 is 0 Å². The molecule has 0 spiro atoms. The zero-order valence-corrected chi connectivity index (χ0v) is 18.9. The van der Waals surface area contributed by atoms with Crippen LogP contribution in [0.3, 0.4) is 0 Å². The van der Waals surface area contributed by atoms with Gasteiger partial charge in [-0.3, -0.25) is 4.79 Å². The third-order valence-electron chi connectivity index (χ3n) is 4.74. The number of carbonyl (C=O) groups excluding carboxylic acids is 1. The van der Waals surface area contributed by atoms with Crippen molar-refractivity contribution in [1.82, 2.24) is 9.97 Å². The van der Waals surface area contributed by atoms with Crippen molar-refractivity contribution in [2.24, 2.45) is 0 Å². The highest BCUT2D eigenvalue weighted by molar-refractivity contribution is 6.04. The summed E-state index contributed by atoms with van der Waals surface area (Å²) in [4.78, 5) is 21.3. The fourth-order valence-corrected chi connectivity index (χ4v) is 3.14. The van der Waals surface area contributed by atoms with Crippen molar-refractivity contribution in [2.45, 2.75) is 40.0 Å². The summed E-state index contributed by atoms with van der Waals surface area (Å²) in [5, 5.41) is 9.38. The Morgan fingerprint density at radius 1 is 0.906 bits per heavy atom. The number of anilines is 4. The van der Waals surface area contributed by atoms with E-state index < -0.39 is 0 Å². The van der Waals surface area contributed by atoms with Gasteiger partial charge in [0.2, 0.25) is 0 Å². The number of unbranched alkanes of at least 4 members (excludes halogenated alkanes) is 2. The minimum Gasteiger partial charge on any atom is -0.494 e. The van der Waals surface area contributed by atoms with Crippen LogP contribution >= 0.6 is 0 Å². The summed E-state index contributed by atoms with van der Waals surface area (Å²) in [5.74, 6) is 2.80. The van der Waals surface area contributed by atoms with Gasteiger partial charge in [0.05, 0.1) is 6.61 Å². The smallest absolute Gasteiger partial charge is 0.255 e. The molecule has 0 atom stereocenters. The van der Waals surface area contributed by atoms with Gasteiger partial charge >= 0.3 is 0 Å². The van der Waals surface area contributed by atoms with Crippen LogP contribution in [-0.2, 0) is 0 Å². The monoisotopic (exact) mass is 433 g/mol. The molecule has 0 fully saturated rings. The summed E-state index contributed by atoms with van der Waals surface area (Å²) >= 11 is 0. The molecule has 0 bridgehead atoms. The third kappa shape index (κ3) is 6.97. The highest BCUT2D eigenvalue weighted by Gasteiger charge is 2.07. The van der Waals surface area contributed by atoms with Crippen molar-refractivity contribution < 1.29 is 9.53 Å². The van der Waals surface area contributed by atoms with E-state index in [1.54, 1.807) is 12.1 Å². The van der Waals surface area contributed by atoms with E-state index in [0.29, 0.717) is 29.5 Å². The third-order valence-corrected chi connectivity index (χ3v) is 4.74. The first-order chi connectivity index (χ1) is 15.6. The minimum atomic E-state index is -0.162. The Kier molecular flexibility index (Phi) is 8.43. The standard InChI is InChI=1S/C25H31N5O2/c1-4-6-7-16-32-22-14-8-19(9-15-22)25(31)30-21-12-10-20(11-13-21)29-24-17-23(26-5-2)27-18(3)28-24/h8-15,17H,4-7,16H2,1-3H3,(H,30,31)(H2,26,27,28,29). The Balaban J connectivity index is 1.55. The number of benzene rings is 2. The maximum Gasteiger partial charge on any atom is 0.255 e. The zero-order valence-electron chi connectivity index (χ0n) is 18.9. The molecule has 168 valence electrons. The van der Waals surface area contributed by atoms with E-state index in [1.807, 2.05) is 56.3 Å². The number of aryl methyl sites for hydroxylation is 1. The number of amides is 1. The van der Waals surface area contributed by atoms with Gasteiger partial charge in [0.25, 0.3) is 5.91 Å². The topological polar surface area (TPSA) is 88.2 Å². The van der Waals surface area contributed by atoms with E-state index in [9.17, 15) is 4.79 Å². The molecule has 32 heavy (non-hydrogen) atoms. The number of hydrogen-bond donors (Lipinski definition) is 3. The first kappa shape index (κ1) is 23.1. The molecule has 0 aliphatic rings. The summed E-state index contributed by atoms with van der Waals surface area (Å²) in [6.45, 7) is 7.53. The van der Waals surface area contributed by atoms with Crippen LogP contribution in [0.4, 0.5) is 23.0 Å². The molecule has 0 saturated heterocycles. The Morgan fingerprint density at radius 3 is 2.28 bits per heavy atom. The summed E-state index contributed by atoms with van der Waals surface area (Å²) in [6.07, 6.45) is 3.36. The second kappa shape index (κ2) is 11.7. The first-order valence-corrected chi connectivity index (χ1v) is 11.1. The largest absolute Gasteiger partial charge is 0.494 e. The van der Waals surface area contributed by atoms with E-state index in [4.69, 9.17) is 4.74 Å².